The third kappa shape index (κ3) is 4.54. The third-order valence-corrected chi connectivity index (χ3v) is 2.72. The average Bonchev–Trinajstić information content (AvgIpc) is 2.35. The molecule has 3 N–H and O–H groups in total. The molecular formula is C13H20N2O2. The van der Waals surface area contributed by atoms with Gasteiger partial charge >= 0.3 is 0 Å². The van der Waals surface area contributed by atoms with E-state index in [0.29, 0.717) is 5.56 Å². The van der Waals surface area contributed by atoms with Crippen molar-refractivity contribution in [3.63, 3.8) is 0 Å². The Morgan fingerprint density at radius 3 is 2.47 bits per heavy atom. The van der Waals surface area contributed by atoms with Crippen molar-refractivity contribution in [2.75, 3.05) is 19.7 Å². The van der Waals surface area contributed by atoms with Crippen LogP contribution in [0.1, 0.15) is 29.3 Å². The van der Waals surface area contributed by atoms with E-state index in [4.69, 9.17) is 10.8 Å². The van der Waals surface area contributed by atoms with Gasteiger partial charge in [0, 0.05) is 25.3 Å². The van der Waals surface area contributed by atoms with Gasteiger partial charge < -0.3 is 10.8 Å². The number of hydrogen-bond acceptors (Lipinski definition) is 3. The Kier molecular flexibility index (Phi) is 5.66. The quantitative estimate of drug-likeness (QED) is 0.742. The first-order valence-electron chi connectivity index (χ1n) is 5.89. The SMILES string of the molecule is CCN(CCCO)Cc1ccc(C(N)=O)cc1. The summed E-state index contributed by atoms with van der Waals surface area (Å²) >= 11 is 0. The van der Waals surface area contributed by atoms with Gasteiger partial charge in [-0.05, 0) is 30.7 Å². The number of nitrogens with two attached hydrogens (primary N) is 1. The summed E-state index contributed by atoms with van der Waals surface area (Å²) in [5.41, 5.74) is 6.86. The number of benzene rings is 1. The molecule has 0 atom stereocenters. The molecule has 4 nitrogen and oxygen atoms in total. The zero-order valence-corrected chi connectivity index (χ0v) is 10.2. The molecule has 1 aromatic carbocycles. The van der Waals surface area contributed by atoms with Gasteiger partial charge in [0.05, 0.1) is 0 Å². The summed E-state index contributed by atoms with van der Waals surface area (Å²) in [7, 11) is 0. The summed E-state index contributed by atoms with van der Waals surface area (Å²) < 4.78 is 0. The van der Waals surface area contributed by atoms with E-state index < -0.39 is 5.91 Å². The number of nitrogens with zero attached hydrogens (tertiary/aromatic N) is 1. The molecule has 0 saturated carbocycles. The van der Waals surface area contributed by atoms with Gasteiger partial charge in [0.1, 0.15) is 0 Å². The standard InChI is InChI=1S/C13H20N2O2/c1-2-15(8-3-9-16)10-11-4-6-12(7-5-11)13(14)17/h4-7,16H,2-3,8-10H2,1H3,(H2,14,17). The highest BCUT2D eigenvalue weighted by Crippen LogP contribution is 2.07. The van der Waals surface area contributed by atoms with E-state index in [1.165, 1.54) is 0 Å². The average molecular weight is 236 g/mol. The Morgan fingerprint density at radius 2 is 2.00 bits per heavy atom. The van der Waals surface area contributed by atoms with E-state index in [0.717, 1.165) is 31.6 Å². The lowest BCUT2D eigenvalue weighted by Crippen LogP contribution is -2.24. The minimum Gasteiger partial charge on any atom is -0.396 e. The van der Waals surface area contributed by atoms with Crippen molar-refractivity contribution in [2.24, 2.45) is 5.73 Å². The van der Waals surface area contributed by atoms with E-state index in [2.05, 4.69) is 11.8 Å². The van der Waals surface area contributed by atoms with Crippen molar-refractivity contribution < 1.29 is 9.90 Å². The molecule has 1 rings (SSSR count). The van der Waals surface area contributed by atoms with Gasteiger partial charge in [0.25, 0.3) is 0 Å². The highest BCUT2D eigenvalue weighted by atomic mass is 16.3. The molecule has 0 aliphatic carbocycles. The van der Waals surface area contributed by atoms with Crippen LogP contribution in [-0.4, -0.2) is 35.6 Å². The molecule has 94 valence electrons. The number of carbonyl (C=O) groups is 1. The predicted molar refractivity (Wildman–Crippen MR) is 67.6 cm³/mol. The third-order valence-electron chi connectivity index (χ3n) is 2.72. The maximum atomic E-state index is 10.9. The predicted octanol–water partition coefficient (Wildman–Crippen LogP) is 0.990. The second kappa shape index (κ2) is 7.04. The Balaban J connectivity index is 2.57. The topological polar surface area (TPSA) is 66.6 Å². The van der Waals surface area contributed by atoms with Crippen LogP contribution >= 0.6 is 0 Å². The van der Waals surface area contributed by atoms with Crippen molar-refractivity contribution >= 4 is 5.91 Å². The first kappa shape index (κ1) is 13.7. The molecule has 0 aliphatic heterocycles. The molecule has 0 spiro atoms. The maximum Gasteiger partial charge on any atom is 0.248 e. The van der Waals surface area contributed by atoms with Crippen LogP contribution in [0.2, 0.25) is 0 Å². The summed E-state index contributed by atoms with van der Waals surface area (Å²) in [5.74, 6) is -0.399. The van der Waals surface area contributed by atoms with Gasteiger partial charge in [0.15, 0.2) is 0 Å². The molecule has 4 heteroatoms. The van der Waals surface area contributed by atoms with E-state index in [1.54, 1.807) is 12.1 Å². The molecule has 0 bridgehead atoms. The molecule has 0 saturated heterocycles. The first-order chi connectivity index (χ1) is 8.17. The normalized spacial score (nSPS) is 10.8. The van der Waals surface area contributed by atoms with Crippen molar-refractivity contribution in [1.29, 1.82) is 0 Å². The lowest BCUT2D eigenvalue weighted by molar-refractivity contribution is 0.1000. The second-order valence-electron chi connectivity index (χ2n) is 4.01. The fourth-order valence-electron chi connectivity index (χ4n) is 1.68. The van der Waals surface area contributed by atoms with Crippen LogP contribution in [0.25, 0.3) is 0 Å². The maximum absolute atomic E-state index is 10.9. The van der Waals surface area contributed by atoms with Gasteiger partial charge in [0.2, 0.25) is 5.91 Å². The number of rotatable bonds is 7. The zero-order valence-electron chi connectivity index (χ0n) is 10.2. The van der Waals surface area contributed by atoms with Crippen molar-refractivity contribution in [3.05, 3.63) is 35.4 Å². The summed E-state index contributed by atoms with van der Waals surface area (Å²) in [6, 6.07) is 7.33. The van der Waals surface area contributed by atoms with E-state index in [9.17, 15) is 4.79 Å². The summed E-state index contributed by atoms with van der Waals surface area (Å²) in [5, 5.41) is 8.80. The van der Waals surface area contributed by atoms with Crippen LogP contribution in [0, 0.1) is 0 Å². The minimum absolute atomic E-state index is 0.219. The summed E-state index contributed by atoms with van der Waals surface area (Å²) in [6.07, 6.45) is 0.785. The Morgan fingerprint density at radius 1 is 1.35 bits per heavy atom. The molecule has 1 aromatic rings. The highest BCUT2D eigenvalue weighted by Gasteiger charge is 2.04. The first-order valence-corrected chi connectivity index (χ1v) is 5.89. The van der Waals surface area contributed by atoms with Gasteiger partial charge in [-0.1, -0.05) is 19.1 Å². The Bertz CT molecular complexity index is 349. The van der Waals surface area contributed by atoms with E-state index in [1.807, 2.05) is 12.1 Å². The molecule has 0 unspecified atom stereocenters. The molecule has 17 heavy (non-hydrogen) atoms. The number of primary amides is 1. The number of amides is 1. The lowest BCUT2D eigenvalue weighted by atomic mass is 10.1. The zero-order chi connectivity index (χ0) is 12.7. The smallest absolute Gasteiger partial charge is 0.248 e. The summed E-state index contributed by atoms with van der Waals surface area (Å²) in [6.45, 7) is 4.96. The lowest BCUT2D eigenvalue weighted by Gasteiger charge is -2.19. The van der Waals surface area contributed by atoms with E-state index in [-0.39, 0.29) is 6.61 Å². The number of aliphatic hydroxyl groups excluding tert-OH is 1. The van der Waals surface area contributed by atoms with Crippen molar-refractivity contribution in [2.45, 2.75) is 19.9 Å². The second-order valence-corrected chi connectivity index (χ2v) is 4.01. The van der Waals surface area contributed by atoms with Crippen LogP contribution in [0.3, 0.4) is 0 Å². The fraction of sp³-hybridized carbons (Fsp3) is 0.462. The van der Waals surface area contributed by atoms with Crippen LogP contribution in [0.15, 0.2) is 24.3 Å². The van der Waals surface area contributed by atoms with Crippen LogP contribution in [-0.2, 0) is 6.54 Å². The molecular weight excluding hydrogens is 216 g/mol. The highest BCUT2D eigenvalue weighted by molar-refractivity contribution is 5.92. The molecule has 0 aliphatic rings. The fourth-order valence-corrected chi connectivity index (χ4v) is 1.68. The van der Waals surface area contributed by atoms with Gasteiger partial charge in [-0.15, -0.1) is 0 Å². The number of aliphatic hydroxyl groups is 1. The van der Waals surface area contributed by atoms with Gasteiger partial charge in [-0.2, -0.15) is 0 Å². The van der Waals surface area contributed by atoms with Gasteiger partial charge in [-0.25, -0.2) is 0 Å². The van der Waals surface area contributed by atoms with Crippen LogP contribution in [0.5, 0.6) is 0 Å². The monoisotopic (exact) mass is 236 g/mol. The molecule has 0 aromatic heterocycles. The van der Waals surface area contributed by atoms with Crippen molar-refractivity contribution in [1.82, 2.24) is 4.90 Å². The number of hydrogen-bond donors (Lipinski definition) is 2. The largest absolute Gasteiger partial charge is 0.396 e. The molecule has 0 fully saturated rings. The van der Waals surface area contributed by atoms with Crippen LogP contribution < -0.4 is 5.73 Å². The summed E-state index contributed by atoms with van der Waals surface area (Å²) in [4.78, 5) is 13.2. The minimum atomic E-state index is -0.399. The molecule has 0 heterocycles. The Labute approximate surface area is 102 Å². The molecule has 0 radical (unpaired) electrons. The van der Waals surface area contributed by atoms with E-state index >= 15 is 0 Å². The van der Waals surface area contributed by atoms with Crippen molar-refractivity contribution in [3.8, 4) is 0 Å². The Hall–Kier alpha value is -1.39. The molecule has 1 amide bonds. The van der Waals surface area contributed by atoms with Crippen LogP contribution in [0.4, 0.5) is 0 Å². The van der Waals surface area contributed by atoms with Gasteiger partial charge in [-0.3, -0.25) is 9.69 Å². The number of carbonyl (C=O) groups excluding carboxylic acids is 1.